The summed E-state index contributed by atoms with van der Waals surface area (Å²) in [5.41, 5.74) is 2.79. The van der Waals surface area contributed by atoms with E-state index in [-0.39, 0.29) is 10.3 Å². The first kappa shape index (κ1) is 27.9. The van der Waals surface area contributed by atoms with Crippen LogP contribution in [0.5, 0.6) is 11.5 Å². The minimum Gasteiger partial charge on any atom is -0.485 e. The number of hydrogen-bond acceptors (Lipinski definition) is 2. The van der Waals surface area contributed by atoms with E-state index in [2.05, 4.69) is 106 Å². The summed E-state index contributed by atoms with van der Waals surface area (Å²) in [4.78, 5) is 0. The fraction of sp³-hybridized carbons (Fsp3) is 0.625. The topological polar surface area (TPSA) is 18.5 Å². The van der Waals surface area contributed by atoms with Crippen LogP contribution in [-0.4, -0.2) is 22.0 Å². The summed E-state index contributed by atoms with van der Waals surface area (Å²) < 4.78 is 13.7. The number of fused-ring (bicyclic) bond motifs is 2. The van der Waals surface area contributed by atoms with Crippen LogP contribution in [0.1, 0.15) is 94.9 Å². The molecule has 0 fully saturated rings. The molecule has 2 aliphatic rings. The Hall–Kier alpha value is -1.10. The van der Waals surface area contributed by atoms with Gasteiger partial charge in [0.1, 0.15) is 23.2 Å². The zero-order chi connectivity index (χ0) is 26.4. The van der Waals surface area contributed by atoms with Crippen molar-refractivity contribution < 1.29 is 9.47 Å². The summed E-state index contributed by atoms with van der Waals surface area (Å²) >= 11 is 0. The van der Waals surface area contributed by atoms with Crippen molar-refractivity contribution in [2.24, 2.45) is 11.8 Å². The Balaban J connectivity index is 1.93. The van der Waals surface area contributed by atoms with E-state index in [4.69, 9.17) is 9.47 Å². The van der Waals surface area contributed by atoms with E-state index >= 15 is 0 Å². The van der Waals surface area contributed by atoms with E-state index in [1.54, 1.807) is 0 Å². The zero-order valence-corrected chi connectivity index (χ0v) is 26.1. The van der Waals surface area contributed by atoms with Crippen LogP contribution < -0.4 is 20.1 Å². The third-order valence-corrected chi connectivity index (χ3v) is 15.0. The molecule has 0 N–H and O–H groups in total. The van der Waals surface area contributed by atoms with Gasteiger partial charge in [0, 0.05) is 10.6 Å². The maximum absolute atomic E-state index is 6.86. The van der Waals surface area contributed by atoms with Gasteiger partial charge in [-0.2, -0.15) is 0 Å². The molecular formula is C32H48O2P2. The molecule has 2 heterocycles. The van der Waals surface area contributed by atoms with Crippen LogP contribution in [0.2, 0.25) is 0 Å². The van der Waals surface area contributed by atoms with Gasteiger partial charge in [0.15, 0.2) is 0 Å². The van der Waals surface area contributed by atoms with Gasteiger partial charge in [-0.05, 0) is 86.9 Å². The fourth-order valence-corrected chi connectivity index (χ4v) is 13.4. The lowest BCUT2D eigenvalue weighted by molar-refractivity contribution is 0.210. The highest BCUT2D eigenvalue weighted by atomic mass is 31.1. The molecule has 2 aromatic carbocycles. The van der Waals surface area contributed by atoms with Crippen molar-refractivity contribution in [2.75, 3.05) is 0 Å². The molecule has 198 valence electrons. The standard InChI is InChI=1S/C32H48O2P2/c1-11-21(12-2)29-33-25-19-15-17-23(27(25)35(29)31(5,6)7)24-18-16-20-26-28(24)36(32(8,9)10)30(34-26)22(13-3)14-4/h15-22,29-30H,11-14H2,1-10H3/t29?,30?,35-,36-/m0/s1. The molecule has 0 saturated carbocycles. The molecule has 2 nitrogen and oxygen atoms in total. The first-order valence-electron chi connectivity index (χ1n) is 14.2. The lowest BCUT2D eigenvalue weighted by Crippen LogP contribution is -2.31. The molecule has 0 spiro atoms. The van der Waals surface area contributed by atoms with Gasteiger partial charge in [0.25, 0.3) is 0 Å². The summed E-state index contributed by atoms with van der Waals surface area (Å²) in [6.07, 6.45) is 4.67. The molecule has 36 heavy (non-hydrogen) atoms. The van der Waals surface area contributed by atoms with Crippen molar-refractivity contribution in [1.29, 1.82) is 0 Å². The van der Waals surface area contributed by atoms with Crippen molar-refractivity contribution in [1.82, 2.24) is 0 Å². The maximum atomic E-state index is 6.86. The predicted octanol–water partition coefficient (Wildman–Crippen LogP) is 9.47. The normalized spacial score (nSPS) is 23.6. The second-order valence-corrected chi connectivity index (χ2v) is 18.6. The lowest BCUT2D eigenvalue weighted by Gasteiger charge is -2.37. The van der Waals surface area contributed by atoms with Crippen LogP contribution in [0, 0.1) is 11.8 Å². The van der Waals surface area contributed by atoms with Gasteiger partial charge in [0.2, 0.25) is 0 Å². The monoisotopic (exact) mass is 526 g/mol. The van der Waals surface area contributed by atoms with Crippen LogP contribution in [0.3, 0.4) is 0 Å². The van der Waals surface area contributed by atoms with Gasteiger partial charge >= 0.3 is 0 Å². The molecule has 2 aliphatic heterocycles. The summed E-state index contributed by atoms with van der Waals surface area (Å²) in [7, 11) is -0.991. The molecule has 0 radical (unpaired) electrons. The van der Waals surface area contributed by atoms with E-state index < -0.39 is 15.8 Å². The summed E-state index contributed by atoms with van der Waals surface area (Å²) in [6, 6.07) is 13.6. The number of ether oxygens (including phenoxy) is 2. The molecule has 4 heteroatoms. The van der Waals surface area contributed by atoms with Crippen LogP contribution in [-0.2, 0) is 0 Å². The molecule has 2 aromatic rings. The first-order valence-corrected chi connectivity index (χ1v) is 17.0. The lowest BCUT2D eigenvalue weighted by atomic mass is 10.0. The van der Waals surface area contributed by atoms with Gasteiger partial charge in [-0.3, -0.25) is 0 Å². The highest BCUT2D eigenvalue weighted by Gasteiger charge is 2.48. The summed E-state index contributed by atoms with van der Waals surface area (Å²) in [5, 5.41) is 3.32. The Labute approximate surface area is 223 Å². The quantitative estimate of drug-likeness (QED) is 0.335. The van der Waals surface area contributed by atoms with Crippen molar-refractivity contribution in [3.05, 3.63) is 36.4 Å². The Kier molecular flexibility index (Phi) is 8.20. The number of benzene rings is 2. The Morgan fingerprint density at radius 3 is 1.22 bits per heavy atom. The fourth-order valence-electron chi connectivity index (χ4n) is 6.22. The molecule has 4 rings (SSSR count). The van der Waals surface area contributed by atoms with E-state index in [0.717, 1.165) is 11.5 Å². The van der Waals surface area contributed by atoms with Crippen LogP contribution in [0.4, 0.5) is 0 Å². The van der Waals surface area contributed by atoms with Gasteiger partial charge in [0.05, 0.1) is 0 Å². The van der Waals surface area contributed by atoms with Gasteiger partial charge in [-0.25, -0.2) is 0 Å². The SMILES string of the molecule is CCC(CC)C1Oc2cccc(-c3cccc4c3[P@](C(C)(C)C)C(C(CC)CC)O4)c2[P@]1C(C)(C)C. The van der Waals surface area contributed by atoms with Crippen molar-refractivity contribution in [3.8, 4) is 22.6 Å². The molecule has 2 unspecified atom stereocenters. The van der Waals surface area contributed by atoms with E-state index in [1.807, 2.05) is 0 Å². The molecular weight excluding hydrogens is 478 g/mol. The Morgan fingerprint density at radius 1 is 0.611 bits per heavy atom. The van der Waals surface area contributed by atoms with Crippen molar-refractivity contribution in [3.63, 3.8) is 0 Å². The van der Waals surface area contributed by atoms with E-state index in [9.17, 15) is 0 Å². The highest BCUT2D eigenvalue weighted by Crippen LogP contribution is 2.65. The second-order valence-electron chi connectivity index (χ2n) is 12.6. The Morgan fingerprint density at radius 2 is 0.944 bits per heavy atom. The van der Waals surface area contributed by atoms with E-state index in [1.165, 1.54) is 47.4 Å². The van der Waals surface area contributed by atoms with Crippen LogP contribution in [0.25, 0.3) is 11.1 Å². The van der Waals surface area contributed by atoms with Gasteiger partial charge in [-0.15, -0.1) is 0 Å². The smallest absolute Gasteiger partial charge is 0.128 e. The first-order chi connectivity index (χ1) is 17.0. The largest absolute Gasteiger partial charge is 0.485 e. The van der Waals surface area contributed by atoms with Crippen molar-refractivity contribution >= 4 is 26.5 Å². The maximum Gasteiger partial charge on any atom is 0.128 e. The molecule has 4 atom stereocenters. The number of hydrogen-bond donors (Lipinski definition) is 0. The molecule has 0 aromatic heterocycles. The summed E-state index contributed by atoms with van der Waals surface area (Å²) in [5.74, 6) is 4.01. The highest BCUT2D eigenvalue weighted by molar-refractivity contribution is 7.69. The minimum absolute atomic E-state index is 0.172. The van der Waals surface area contributed by atoms with Crippen LogP contribution in [0.15, 0.2) is 36.4 Å². The van der Waals surface area contributed by atoms with Crippen molar-refractivity contribution in [2.45, 2.75) is 117 Å². The molecule has 0 saturated heterocycles. The summed E-state index contributed by atoms with van der Waals surface area (Å²) in [6.45, 7) is 23.8. The number of rotatable bonds is 7. The average molecular weight is 527 g/mol. The molecule has 0 bridgehead atoms. The van der Waals surface area contributed by atoms with Gasteiger partial charge in [-0.1, -0.05) is 93.5 Å². The second kappa shape index (κ2) is 10.6. The molecule has 0 amide bonds. The van der Waals surface area contributed by atoms with Gasteiger partial charge < -0.3 is 9.47 Å². The van der Waals surface area contributed by atoms with E-state index in [0.29, 0.717) is 23.5 Å². The molecule has 0 aliphatic carbocycles. The minimum atomic E-state index is -0.495. The third kappa shape index (κ3) is 4.87. The predicted molar refractivity (Wildman–Crippen MR) is 161 cm³/mol. The zero-order valence-electron chi connectivity index (χ0n) is 24.3. The average Bonchev–Trinajstić information content (AvgIpc) is 3.39. The van der Waals surface area contributed by atoms with Crippen LogP contribution >= 0.6 is 15.8 Å². The Bertz CT molecular complexity index is 971. The third-order valence-electron chi connectivity index (χ3n) is 8.12.